The topological polar surface area (TPSA) is 46.2 Å². The van der Waals surface area contributed by atoms with Gasteiger partial charge in [-0.25, -0.2) is 13.2 Å². The summed E-state index contributed by atoms with van der Waals surface area (Å²) in [4.78, 5) is 0. The molecule has 0 saturated heterocycles. The smallest absolute Gasteiger partial charge is 0.260 e. The minimum atomic E-state index is -2.80. The Labute approximate surface area is 79.2 Å². The molecule has 0 spiro atoms. The van der Waals surface area contributed by atoms with Crippen LogP contribution in [0, 0.1) is 5.82 Å². The fraction of sp³-hybridized carbons (Fsp3) is 0.333. The van der Waals surface area contributed by atoms with Crippen molar-refractivity contribution in [2.45, 2.75) is 18.9 Å². The van der Waals surface area contributed by atoms with Gasteiger partial charge in [-0.3, -0.25) is 0 Å². The van der Waals surface area contributed by atoms with Crippen LogP contribution in [0.1, 0.15) is 12.5 Å². The van der Waals surface area contributed by atoms with Gasteiger partial charge in [0.25, 0.3) is 6.43 Å². The number of nitrogens with two attached hydrogens (primary N) is 1. The van der Waals surface area contributed by atoms with Crippen molar-refractivity contribution < 1.29 is 18.3 Å². The van der Waals surface area contributed by atoms with Crippen LogP contribution in [0.4, 0.5) is 13.2 Å². The highest BCUT2D eigenvalue weighted by molar-refractivity contribution is 5.32. The minimum absolute atomic E-state index is 0.0530. The summed E-state index contributed by atoms with van der Waals surface area (Å²) in [7, 11) is 0. The molecule has 0 fully saturated rings. The molecule has 0 aliphatic heterocycles. The van der Waals surface area contributed by atoms with Gasteiger partial charge in [0.05, 0.1) is 5.54 Å². The molecule has 1 rings (SSSR count). The highest BCUT2D eigenvalue weighted by Gasteiger charge is 2.32. The molecule has 2 nitrogen and oxygen atoms in total. The summed E-state index contributed by atoms with van der Waals surface area (Å²) < 4.78 is 37.7. The Morgan fingerprint density at radius 3 is 2.43 bits per heavy atom. The highest BCUT2D eigenvalue weighted by atomic mass is 19.3. The van der Waals surface area contributed by atoms with E-state index in [-0.39, 0.29) is 5.56 Å². The van der Waals surface area contributed by atoms with Crippen LogP contribution in [-0.4, -0.2) is 11.5 Å². The van der Waals surface area contributed by atoms with Crippen molar-refractivity contribution in [3.8, 4) is 5.75 Å². The van der Waals surface area contributed by atoms with Crippen molar-refractivity contribution in [3.63, 3.8) is 0 Å². The first-order valence-electron chi connectivity index (χ1n) is 3.91. The zero-order valence-electron chi connectivity index (χ0n) is 7.47. The number of hydrogen-bond acceptors (Lipinski definition) is 2. The number of phenols is 1. The molecule has 0 aliphatic carbocycles. The maximum absolute atomic E-state index is 12.8. The van der Waals surface area contributed by atoms with Crippen LogP contribution >= 0.6 is 0 Å². The zero-order valence-corrected chi connectivity index (χ0v) is 7.47. The Bertz CT molecular complexity index is 339. The predicted molar refractivity (Wildman–Crippen MR) is 45.6 cm³/mol. The largest absolute Gasteiger partial charge is 0.505 e. The molecule has 3 N–H and O–H groups in total. The molecule has 0 heterocycles. The number of alkyl halides is 2. The monoisotopic (exact) mass is 205 g/mol. The van der Waals surface area contributed by atoms with Crippen molar-refractivity contribution in [1.29, 1.82) is 0 Å². The van der Waals surface area contributed by atoms with Gasteiger partial charge >= 0.3 is 0 Å². The van der Waals surface area contributed by atoms with Gasteiger partial charge in [-0.2, -0.15) is 0 Å². The molecule has 0 radical (unpaired) electrons. The number of phenolic OH excluding ortho intramolecular Hbond substituents is 1. The van der Waals surface area contributed by atoms with E-state index in [0.29, 0.717) is 0 Å². The molecule has 5 heteroatoms. The van der Waals surface area contributed by atoms with E-state index >= 15 is 0 Å². The van der Waals surface area contributed by atoms with Crippen LogP contribution in [0.15, 0.2) is 18.2 Å². The highest BCUT2D eigenvalue weighted by Crippen LogP contribution is 2.28. The van der Waals surface area contributed by atoms with Crippen LogP contribution in [0.5, 0.6) is 5.75 Å². The molecule has 1 aromatic carbocycles. The predicted octanol–water partition coefficient (Wildman–Crippen LogP) is 1.97. The van der Waals surface area contributed by atoms with E-state index in [1.54, 1.807) is 0 Å². The maximum Gasteiger partial charge on any atom is 0.260 e. The molecule has 0 aromatic heterocycles. The SMILES string of the molecule is CC(N)(c1ccc(O)c(F)c1)C(F)F. The van der Waals surface area contributed by atoms with Gasteiger partial charge in [0, 0.05) is 0 Å². The Hall–Kier alpha value is -1.23. The first-order chi connectivity index (χ1) is 6.35. The molecule has 0 bridgehead atoms. The van der Waals surface area contributed by atoms with Crippen LogP contribution in [0.25, 0.3) is 0 Å². The molecule has 1 atom stereocenters. The van der Waals surface area contributed by atoms with E-state index in [2.05, 4.69) is 0 Å². The van der Waals surface area contributed by atoms with Crippen molar-refractivity contribution >= 4 is 0 Å². The quantitative estimate of drug-likeness (QED) is 0.775. The number of hydrogen-bond donors (Lipinski definition) is 2. The van der Waals surface area contributed by atoms with Gasteiger partial charge in [0.15, 0.2) is 11.6 Å². The summed E-state index contributed by atoms with van der Waals surface area (Å²) in [5.74, 6) is -1.54. The lowest BCUT2D eigenvalue weighted by molar-refractivity contribution is 0.0623. The Balaban J connectivity index is 3.14. The summed E-state index contributed by atoms with van der Waals surface area (Å²) in [5.41, 5.74) is 3.34. The molecule has 0 amide bonds. The van der Waals surface area contributed by atoms with E-state index in [9.17, 15) is 13.2 Å². The lowest BCUT2D eigenvalue weighted by atomic mass is 9.93. The van der Waals surface area contributed by atoms with E-state index < -0.39 is 23.5 Å². The van der Waals surface area contributed by atoms with E-state index in [1.165, 1.54) is 6.07 Å². The summed E-state index contributed by atoms with van der Waals surface area (Å²) in [5, 5.41) is 8.84. The second kappa shape index (κ2) is 3.49. The van der Waals surface area contributed by atoms with E-state index in [4.69, 9.17) is 10.8 Å². The van der Waals surface area contributed by atoms with Crippen LogP contribution < -0.4 is 5.73 Å². The van der Waals surface area contributed by atoms with Crippen molar-refractivity contribution in [2.75, 3.05) is 0 Å². The van der Waals surface area contributed by atoms with Crippen molar-refractivity contribution in [2.24, 2.45) is 5.73 Å². The number of benzene rings is 1. The van der Waals surface area contributed by atoms with Crippen LogP contribution in [0.3, 0.4) is 0 Å². The number of rotatable bonds is 2. The second-order valence-electron chi connectivity index (χ2n) is 3.25. The number of aromatic hydroxyl groups is 1. The summed E-state index contributed by atoms with van der Waals surface area (Å²) in [6, 6.07) is 2.98. The normalized spacial score (nSPS) is 15.6. The van der Waals surface area contributed by atoms with E-state index in [1.807, 2.05) is 0 Å². The van der Waals surface area contributed by atoms with E-state index in [0.717, 1.165) is 19.1 Å². The average molecular weight is 205 g/mol. The van der Waals surface area contributed by atoms with Gasteiger partial charge < -0.3 is 10.8 Å². The molecule has 1 aromatic rings. The zero-order chi connectivity index (χ0) is 10.9. The molecule has 0 aliphatic rings. The lowest BCUT2D eigenvalue weighted by Crippen LogP contribution is -2.40. The first kappa shape index (κ1) is 10.8. The van der Waals surface area contributed by atoms with Crippen molar-refractivity contribution in [1.82, 2.24) is 0 Å². The summed E-state index contributed by atoms with van der Waals surface area (Å²) >= 11 is 0. The summed E-state index contributed by atoms with van der Waals surface area (Å²) in [6.07, 6.45) is -2.80. The Kier molecular flexibility index (Phi) is 2.71. The van der Waals surface area contributed by atoms with Gasteiger partial charge in [-0.1, -0.05) is 6.07 Å². The van der Waals surface area contributed by atoms with Crippen LogP contribution in [0.2, 0.25) is 0 Å². The standard InChI is InChI=1S/C9H10F3NO/c1-9(13,8(11)12)5-2-3-7(14)6(10)4-5/h2-4,8,14H,13H2,1H3. The lowest BCUT2D eigenvalue weighted by Gasteiger charge is -2.24. The third-order valence-corrected chi connectivity index (χ3v) is 2.02. The molecular weight excluding hydrogens is 195 g/mol. The van der Waals surface area contributed by atoms with Crippen molar-refractivity contribution in [3.05, 3.63) is 29.6 Å². The molecule has 1 unspecified atom stereocenters. The van der Waals surface area contributed by atoms with Gasteiger partial charge in [0.2, 0.25) is 0 Å². The molecule has 0 saturated carbocycles. The fourth-order valence-electron chi connectivity index (χ4n) is 0.968. The maximum atomic E-state index is 12.8. The Morgan fingerprint density at radius 2 is 2.00 bits per heavy atom. The number of halogens is 3. The third-order valence-electron chi connectivity index (χ3n) is 2.02. The third kappa shape index (κ3) is 1.82. The Morgan fingerprint density at radius 1 is 1.43 bits per heavy atom. The molecule has 14 heavy (non-hydrogen) atoms. The first-order valence-corrected chi connectivity index (χ1v) is 3.91. The minimum Gasteiger partial charge on any atom is -0.505 e. The van der Waals surface area contributed by atoms with Gasteiger partial charge in [-0.05, 0) is 24.6 Å². The molecule has 78 valence electrons. The van der Waals surface area contributed by atoms with Gasteiger partial charge in [0.1, 0.15) is 0 Å². The fourth-order valence-corrected chi connectivity index (χ4v) is 0.968. The van der Waals surface area contributed by atoms with Gasteiger partial charge in [-0.15, -0.1) is 0 Å². The average Bonchev–Trinajstić information content (AvgIpc) is 2.09. The van der Waals surface area contributed by atoms with Crippen LogP contribution in [-0.2, 0) is 5.54 Å². The molecular formula is C9H10F3NO. The second-order valence-corrected chi connectivity index (χ2v) is 3.25. The summed E-state index contributed by atoms with van der Waals surface area (Å²) in [6.45, 7) is 1.10.